The summed E-state index contributed by atoms with van der Waals surface area (Å²) in [4.78, 5) is 0. The van der Waals surface area contributed by atoms with Crippen LogP contribution >= 0.6 is 0 Å². The number of rotatable bonds is 29. The van der Waals surface area contributed by atoms with Crippen molar-refractivity contribution in [2.75, 3.05) is 0 Å². The van der Waals surface area contributed by atoms with E-state index in [0.29, 0.717) is 6.10 Å². The summed E-state index contributed by atoms with van der Waals surface area (Å²) in [6.07, 6.45) is 34.8. The quantitative estimate of drug-likeness (QED) is 0.0717. The largest absolute Gasteiger partial charge is 0.414 e. The molecule has 0 aromatic carbocycles. The number of hydrogen-bond donors (Lipinski definition) is 0. The van der Waals surface area contributed by atoms with Crippen LogP contribution in [0.15, 0.2) is 0 Å². The Morgan fingerprint density at radius 1 is 0.371 bits per heavy atom. The summed E-state index contributed by atoms with van der Waals surface area (Å²) >= 11 is 0. The Bertz CT molecular complexity index is 344. The van der Waals surface area contributed by atoms with E-state index < -0.39 is 8.32 Å². The monoisotopic (exact) mass is 511 g/mol. The van der Waals surface area contributed by atoms with Gasteiger partial charge in [-0.25, -0.2) is 0 Å². The third-order valence-corrected chi connectivity index (χ3v) is 12.7. The van der Waals surface area contributed by atoms with Crippen molar-refractivity contribution in [3.8, 4) is 0 Å². The topological polar surface area (TPSA) is 9.23 Å². The van der Waals surface area contributed by atoms with E-state index >= 15 is 0 Å². The van der Waals surface area contributed by atoms with Gasteiger partial charge in [0.1, 0.15) is 0 Å². The molecule has 0 amide bonds. The van der Waals surface area contributed by atoms with Crippen LogP contribution in [0.3, 0.4) is 0 Å². The van der Waals surface area contributed by atoms with Gasteiger partial charge in [-0.1, -0.05) is 175 Å². The predicted molar refractivity (Wildman–Crippen MR) is 164 cm³/mol. The van der Waals surface area contributed by atoms with Crippen LogP contribution in [-0.4, -0.2) is 14.4 Å². The molecule has 0 bridgehead atoms. The highest BCUT2D eigenvalue weighted by atomic mass is 28.4. The van der Waals surface area contributed by atoms with Gasteiger partial charge >= 0.3 is 0 Å². The molecule has 0 aliphatic carbocycles. The van der Waals surface area contributed by atoms with Crippen molar-refractivity contribution >= 4 is 8.32 Å². The van der Waals surface area contributed by atoms with E-state index in [1.54, 1.807) is 0 Å². The highest BCUT2D eigenvalue weighted by Gasteiger charge is 2.34. The van der Waals surface area contributed by atoms with Crippen molar-refractivity contribution in [2.24, 2.45) is 0 Å². The lowest BCUT2D eigenvalue weighted by molar-refractivity contribution is 0.221. The zero-order valence-electron chi connectivity index (χ0n) is 25.6. The fraction of sp³-hybridized carbons (Fsp3) is 1.00. The molecule has 0 saturated carbocycles. The lowest BCUT2D eigenvalue weighted by atomic mass is 10.1. The van der Waals surface area contributed by atoms with E-state index in [0.717, 1.165) is 0 Å². The van der Waals surface area contributed by atoms with Crippen LogP contribution in [0.2, 0.25) is 18.1 Å². The van der Waals surface area contributed by atoms with Crippen molar-refractivity contribution < 1.29 is 4.43 Å². The molecule has 2 heteroatoms. The van der Waals surface area contributed by atoms with Gasteiger partial charge in [-0.3, -0.25) is 0 Å². The second kappa shape index (κ2) is 27.2. The van der Waals surface area contributed by atoms with Gasteiger partial charge in [-0.15, -0.1) is 0 Å². The maximum atomic E-state index is 6.96. The maximum absolute atomic E-state index is 6.96. The van der Waals surface area contributed by atoms with Crippen LogP contribution in [0.4, 0.5) is 0 Å². The molecule has 0 fully saturated rings. The average Bonchev–Trinajstić information content (AvgIpc) is 2.83. The molecule has 0 atom stereocenters. The predicted octanol–water partition coefficient (Wildman–Crippen LogP) is 12.8. The van der Waals surface area contributed by atoms with Gasteiger partial charge in [0.05, 0.1) is 0 Å². The second-order valence-corrected chi connectivity index (χ2v) is 16.1. The molecule has 0 unspecified atom stereocenters. The molecule has 1 nitrogen and oxygen atoms in total. The van der Waals surface area contributed by atoms with Gasteiger partial charge in [0.15, 0.2) is 8.32 Å². The Hall–Kier alpha value is 0.177. The molecule has 0 aromatic rings. The second-order valence-electron chi connectivity index (χ2n) is 12.0. The lowest BCUT2D eigenvalue weighted by Crippen LogP contribution is -2.40. The van der Waals surface area contributed by atoms with E-state index in [-0.39, 0.29) is 0 Å². The summed E-state index contributed by atoms with van der Waals surface area (Å²) in [5.74, 6) is 0. The maximum Gasteiger partial charge on any atom is 0.193 e. The van der Waals surface area contributed by atoms with Crippen LogP contribution in [0.5, 0.6) is 0 Å². The van der Waals surface area contributed by atoms with E-state index in [2.05, 4.69) is 34.6 Å². The van der Waals surface area contributed by atoms with E-state index in [1.807, 2.05) is 0 Å². The van der Waals surface area contributed by atoms with Crippen molar-refractivity contribution in [1.82, 2.24) is 0 Å². The molecule has 35 heavy (non-hydrogen) atoms. The van der Waals surface area contributed by atoms with Crippen LogP contribution in [0.1, 0.15) is 189 Å². The van der Waals surface area contributed by atoms with Crippen LogP contribution in [-0.2, 0) is 4.43 Å². The molecule has 0 spiro atoms. The standard InChI is InChI=1S/C33H70OSi/c1-6-9-12-15-18-21-24-27-30-35(34-33(4)5,31-28-25-22-19-16-13-10-7-2)32-29-26-23-20-17-14-11-8-3/h33H,6-32H2,1-5H3. The zero-order valence-corrected chi connectivity index (χ0v) is 26.6. The molecule has 0 aliphatic rings. The molecule has 0 heterocycles. The van der Waals surface area contributed by atoms with Gasteiger partial charge in [-0.05, 0) is 32.0 Å². The van der Waals surface area contributed by atoms with E-state index in [1.165, 1.54) is 172 Å². The molecule has 0 N–H and O–H groups in total. The first-order chi connectivity index (χ1) is 17.1. The molecule has 0 radical (unpaired) electrons. The first kappa shape index (κ1) is 35.2. The van der Waals surface area contributed by atoms with E-state index in [4.69, 9.17) is 4.43 Å². The first-order valence-corrected chi connectivity index (χ1v) is 19.3. The van der Waals surface area contributed by atoms with Crippen molar-refractivity contribution in [3.05, 3.63) is 0 Å². The van der Waals surface area contributed by atoms with Crippen LogP contribution in [0.25, 0.3) is 0 Å². The van der Waals surface area contributed by atoms with Gasteiger partial charge in [-0.2, -0.15) is 0 Å². The summed E-state index contributed by atoms with van der Waals surface area (Å²) in [6.45, 7) is 11.6. The molecule has 0 aliphatic heterocycles. The van der Waals surface area contributed by atoms with Crippen molar-refractivity contribution in [2.45, 2.75) is 213 Å². The molecular weight excluding hydrogens is 440 g/mol. The summed E-state index contributed by atoms with van der Waals surface area (Å²) < 4.78 is 6.96. The lowest BCUT2D eigenvalue weighted by Gasteiger charge is -2.34. The minimum Gasteiger partial charge on any atom is -0.414 e. The van der Waals surface area contributed by atoms with Gasteiger partial charge < -0.3 is 4.43 Å². The molecule has 0 aromatic heterocycles. The van der Waals surface area contributed by atoms with Crippen LogP contribution in [0, 0.1) is 0 Å². The molecule has 0 saturated heterocycles. The van der Waals surface area contributed by atoms with Gasteiger partial charge in [0, 0.05) is 6.10 Å². The van der Waals surface area contributed by atoms with Crippen LogP contribution < -0.4 is 0 Å². The van der Waals surface area contributed by atoms with Crippen molar-refractivity contribution in [1.29, 1.82) is 0 Å². The fourth-order valence-corrected chi connectivity index (χ4v) is 10.6. The fourth-order valence-electron chi connectivity index (χ4n) is 5.79. The number of unbranched alkanes of at least 4 members (excludes halogenated alkanes) is 21. The van der Waals surface area contributed by atoms with E-state index in [9.17, 15) is 0 Å². The molecule has 0 rings (SSSR count). The SMILES string of the molecule is CCCCCCCCCC[Si](CCCCCCCCCC)(CCCCCCCCCC)OC(C)C. The highest BCUT2D eigenvalue weighted by molar-refractivity contribution is 6.73. The minimum atomic E-state index is -1.60. The zero-order chi connectivity index (χ0) is 25.9. The van der Waals surface area contributed by atoms with Gasteiger partial charge in [0.25, 0.3) is 0 Å². The summed E-state index contributed by atoms with van der Waals surface area (Å²) in [7, 11) is -1.60. The third kappa shape index (κ3) is 24.3. The Labute approximate surface area is 225 Å². The summed E-state index contributed by atoms with van der Waals surface area (Å²) in [5.41, 5.74) is 0. The Morgan fingerprint density at radius 2 is 0.600 bits per heavy atom. The summed E-state index contributed by atoms with van der Waals surface area (Å²) in [6, 6.07) is 4.31. The summed E-state index contributed by atoms with van der Waals surface area (Å²) in [5, 5.41) is 0. The normalized spacial score (nSPS) is 12.2. The smallest absolute Gasteiger partial charge is 0.193 e. The third-order valence-electron chi connectivity index (χ3n) is 7.94. The Kier molecular flexibility index (Phi) is 27.4. The Morgan fingerprint density at radius 3 is 0.829 bits per heavy atom. The molecule has 212 valence electrons. The highest BCUT2D eigenvalue weighted by Crippen LogP contribution is 2.32. The van der Waals surface area contributed by atoms with Gasteiger partial charge in [0.2, 0.25) is 0 Å². The van der Waals surface area contributed by atoms with Crippen molar-refractivity contribution in [3.63, 3.8) is 0 Å². The first-order valence-electron chi connectivity index (χ1n) is 16.8. The molecular formula is C33H70OSi. The Balaban J connectivity index is 4.53. The average molecular weight is 511 g/mol. The minimum absolute atomic E-state index is 0.416. The number of hydrogen-bond acceptors (Lipinski definition) is 1.